The third kappa shape index (κ3) is 4.83. The van der Waals surface area contributed by atoms with Gasteiger partial charge in [0.05, 0.1) is 6.54 Å². The van der Waals surface area contributed by atoms with Gasteiger partial charge in [-0.25, -0.2) is 0 Å². The lowest BCUT2D eigenvalue weighted by Gasteiger charge is -2.24. The van der Waals surface area contributed by atoms with E-state index in [0.29, 0.717) is 19.1 Å². The van der Waals surface area contributed by atoms with Crippen molar-refractivity contribution in [3.8, 4) is 0 Å². The number of aryl methyl sites for hydroxylation is 1. The van der Waals surface area contributed by atoms with Crippen LogP contribution in [-0.4, -0.2) is 55.5 Å². The largest absolute Gasteiger partial charge is 0.340 e. The highest BCUT2D eigenvalue weighted by molar-refractivity contribution is 5.78. The highest BCUT2D eigenvalue weighted by atomic mass is 16.2. The Bertz CT molecular complexity index is 469. The molecule has 1 N–H and O–H groups in total. The van der Waals surface area contributed by atoms with E-state index in [1.54, 1.807) is 0 Å². The normalized spacial score (nSPS) is 18.2. The van der Waals surface area contributed by atoms with Gasteiger partial charge in [-0.1, -0.05) is 24.3 Å². The molecule has 2 rings (SSSR count). The predicted molar refractivity (Wildman–Crippen MR) is 86.2 cm³/mol. The van der Waals surface area contributed by atoms with Gasteiger partial charge in [0.25, 0.3) is 0 Å². The summed E-state index contributed by atoms with van der Waals surface area (Å²) in [6, 6.07) is 8.78. The number of likely N-dealkylation sites (N-methyl/N-ethyl adjacent to an activating group) is 2. The van der Waals surface area contributed by atoms with Crippen molar-refractivity contribution in [2.75, 3.05) is 33.7 Å². The highest BCUT2D eigenvalue weighted by Crippen LogP contribution is 2.10. The molecule has 1 aliphatic heterocycles. The number of nitrogens with one attached hydrogen (secondary N) is 1. The quantitative estimate of drug-likeness (QED) is 0.865. The first-order valence-electron chi connectivity index (χ1n) is 7.76. The molecular weight excluding hydrogens is 262 g/mol. The SMILES string of the molecule is Cc1ccccc1CN(C)C(=O)CN(C)CC1CCCN1. The van der Waals surface area contributed by atoms with E-state index in [9.17, 15) is 4.79 Å². The summed E-state index contributed by atoms with van der Waals surface area (Å²) in [7, 11) is 3.91. The third-order valence-corrected chi connectivity index (χ3v) is 4.19. The Morgan fingerprint density at radius 1 is 1.33 bits per heavy atom. The van der Waals surface area contributed by atoms with Crippen LogP contribution in [0.4, 0.5) is 0 Å². The highest BCUT2D eigenvalue weighted by Gasteiger charge is 2.18. The maximum absolute atomic E-state index is 12.3. The monoisotopic (exact) mass is 289 g/mol. The molecule has 4 heteroatoms. The minimum atomic E-state index is 0.179. The number of benzene rings is 1. The van der Waals surface area contributed by atoms with Gasteiger partial charge in [0.2, 0.25) is 5.91 Å². The van der Waals surface area contributed by atoms with E-state index in [1.165, 1.54) is 24.0 Å². The minimum Gasteiger partial charge on any atom is -0.340 e. The lowest BCUT2D eigenvalue weighted by molar-refractivity contribution is -0.131. The van der Waals surface area contributed by atoms with Crippen LogP contribution in [-0.2, 0) is 11.3 Å². The van der Waals surface area contributed by atoms with Crippen LogP contribution >= 0.6 is 0 Å². The molecule has 0 aliphatic carbocycles. The van der Waals surface area contributed by atoms with Gasteiger partial charge in [-0.05, 0) is 44.5 Å². The summed E-state index contributed by atoms with van der Waals surface area (Å²) in [5.74, 6) is 0.179. The molecule has 4 nitrogen and oxygen atoms in total. The first-order chi connectivity index (χ1) is 10.1. The Morgan fingerprint density at radius 3 is 2.76 bits per heavy atom. The smallest absolute Gasteiger partial charge is 0.236 e. The minimum absolute atomic E-state index is 0.179. The van der Waals surface area contributed by atoms with Gasteiger partial charge in [-0.3, -0.25) is 9.69 Å². The molecule has 1 aromatic rings. The molecule has 0 spiro atoms. The van der Waals surface area contributed by atoms with Gasteiger partial charge in [-0.2, -0.15) is 0 Å². The Hall–Kier alpha value is -1.39. The number of hydrogen-bond acceptors (Lipinski definition) is 3. The third-order valence-electron chi connectivity index (χ3n) is 4.19. The standard InChI is InChI=1S/C17H27N3O/c1-14-7-4-5-8-15(14)11-20(3)17(21)13-19(2)12-16-9-6-10-18-16/h4-5,7-8,16,18H,6,9-13H2,1-3H3. The van der Waals surface area contributed by atoms with E-state index >= 15 is 0 Å². The van der Waals surface area contributed by atoms with Crippen LogP contribution < -0.4 is 5.32 Å². The molecule has 0 aromatic heterocycles. The van der Waals surface area contributed by atoms with Crippen molar-refractivity contribution in [2.24, 2.45) is 0 Å². The molecule has 1 heterocycles. The second-order valence-electron chi connectivity index (χ2n) is 6.17. The molecular formula is C17H27N3O. The summed E-state index contributed by atoms with van der Waals surface area (Å²) >= 11 is 0. The molecule has 1 atom stereocenters. The van der Waals surface area contributed by atoms with Crippen LogP contribution in [0.15, 0.2) is 24.3 Å². The number of carbonyl (C=O) groups is 1. The van der Waals surface area contributed by atoms with Gasteiger partial charge >= 0.3 is 0 Å². The Balaban J connectivity index is 1.80. The number of amides is 1. The molecule has 1 amide bonds. The molecule has 116 valence electrons. The molecule has 0 radical (unpaired) electrons. The zero-order valence-corrected chi connectivity index (χ0v) is 13.4. The molecule has 21 heavy (non-hydrogen) atoms. The molecule has 0 saturated carbocycles. The average Bonchev–Trinajstić information content (AvgIpc) is 2.93. The molecule has 1 aromatic carbocycles. The lowest BCUT2D eigenvalue weighted by Crippen LogP contribution is -2.41. The van der Waals surface area contributed by atoms with Gasteiger partial charge in [0, 0.05) is 26.2 Å². The Labute approximate surface area is 128 Å². The number of carbonyl (C=O) groups excluding carboxylic acids is 1. The van der Waals surface area contributed by atoms with Crippen molar-refractivity contribution in [3.05, 3.63) is 35.4 Å². The molecule has 1 unspecified atom stereocenters. The van der Waals surface area contributed by atoms with Crippen LogP contribution in [0.1, 0.15) is 24.0 Å². The summed E-state index contributed by atoms with van der Waals surface area (Å²) in [4.78, 5) is 16.3. The maximum Gasteiger partial charge on any atom is 0.236 e. The lowest BCUT2D eigenvalue weighted by atomic mass is 10.1. The number of nitrogens with zero attached hydrogens (tertiary/aromatic N) is 2. The molecule has 0 bridgehead atoms. The van der Waals surface area contributed by atoms with Crippen LogP contribution in [0.2, 0.25) is 0 Å². The van der Waals surface area contributed by atoms with Crippen LogP contribution in [0, 0.1) is 6.92 Å². The molecule has 1 saturated heterocycles. The average molecular weight is 289 g/mol. The van der Waals surface area contributed by atoms with Crippen LogP contribution in [0.3, 0.4) is 0 Å². The zero-order valence-electron chi connectivity index (χ0n) is 13.4. The van der Waals surface area contributed by atoms with Crippen molar-refractivity contribution >= 4 is 5.91 Å². The topological polar surface area (TPSA) is 35.6 Å². The second kappa shape index (κ2) is 7.57. The first kappa shape index (κ1) is 16.0. The second-order valence-corrected chi connectivity index (χ2v) is 6.17. The van der Waals surface area contributed by atoms with E-state index in [0.717, 1.165) is 13.1 Å². The molecule has 1 aliphatic rings. The predicted octanol–water partition coefficient (Wildman–Crippen LogP) is 1.64. The summed E-state index contributed by atoms with van der Waals surface area (Å²) in [6.45, 7) is 5.32. The zero-order chi connectivity index (χ0) is 15.2. The fourth-order valence-corrected chi connectivity index (χ4v) is 2.84. The summed E-state index contributed by atoms with van der Waals surface area (Å²) in [5, 5.41) is 3.47. The summed E-state index contributed by atoms with van der Waals surface area (Å²) < 4.78 is 0. The number of hydrogen-bond donors (Lipinski definition) is 1. The fraction of sp³-hybridized carbons (Fsp3) is 0.588. The first-order valence-corrected chi connectivity index (χ1v) is 7.76. The fourth-order valence-electron chi connectivity index (χ4n) is 2.84. The van der Waals surface area contributed by atoms with Crippen molar-refractivity contribution < 1.29 is 4.79 Å². The van der Waals surface area contributed by atoms with Gasteiger partial charge in [0.15, 0.2) is 0 Å². The Kier molecular flexibility index (Phi) is 5.76. The Morgan fingerprint density at radius 2 is 2.10 bits per heavy atom. The van der Waals surface area contributed by atoms with Gasteiger partial charge < -0.3 is 10.2 Å². The van der Waals surface area contributed by atoms with E-state index < -0.39 is 0 Å². The van der Waals surface area contributed by atoms with E-state index in [4.69, 9.17) is 0 Å². The van der Waals surface area contributed by atoms with E-state index in [1.807, 2.05) is 31.1 Å². The van der Waals surface area contributed by atoms with Crippen molar-refractivity contribution in [1.29, 1.82) is 0 Å². The van der Waals surface area contributed by atoms with Crippen molar-refractivity contribution in [2.45, 2.75) is 32.4 Å². The van der Waals surface area contributed by atoms with Crippen molar-refractivity contribution in [3.63, 3.8) is 0 Å². The van der Waals surface area contributed by atoms with Crippen molar-refractivity contribution in [1.82, 2.24) is 15.1 Å². The summed E-state index contributed by atoms with van der Waals surface area (Å²) in [6.07, 6.45) is 2.47. The van der Waals surface area contributed by atoms with Gasteiger partial charge in [-0.15, -0.1) is 0 Å². The summed E-state index contributed by atoms with van der Waals surface area (Å²) in [5.41, 5.74) is 2.45. The van der Waals surface area contributed by atoms with E-state index in [2.05, 4.69) is 29.3 Å². The molecule has 1 fully saturated rings. The van der Waals surface area contributed by atoms with Crippen LogP contribution in [0.25, 0.3) is 0 Å². The van der Waals surface area contributed by atoms with E-state index in [-0.39, 0.29) is 5.91 Å². The maximum atomic E-state index is 12.3. The number of rotatable bonds is 6. The van der Waals surface area contributed by atoms with Gasteiger partial charge in [0.1, 0.15) is 0 Å². The van der Waals surface area contributed by atoms with Crippen LogP contribution in [0.5, 0.6) is 0 Å².